The third kappa shape index (κ3) is 5.22. The van der Waals surface area contributed by atoms with Gasteiger partial charge in [-0.05, 0) is 124 Å². The van der Waals surface area contributed by atoms with Gasteiger partial charge in [-0.25, -0.2) is 0 Å². The Bertz CT molecular complexity index is 2910. The summed E-state index contributed by atoms with van der Waals surface area (Å²) in [4.78, 5) is 2.56. The van der Waals surface area contributed by atoms with E-state index >= 15 is 0 Å². The summed E-state index contributed by atoms with van der Waals surface area (Å²) >= 11 is 1.85. The highest BCUT2D eigenvalue weighted by molar-refractivity contribution is 7.18. The molecule has 0 nitrogen and oxygen atoms in total. The van der Waals surface area contributed by atoms with Crippen molar-refractivity contribution in [3.63, 3.8) is 0 Å². The number of benzene rings is 9. The maximum Gasteiger partial charge on any atom is 0.0349 e. The Morgan fingerprint density at radius 3 is 1.37 bits per heavy atom. The van der Waals surface area contributed by atoms with E-state index in [4.69, 9.17) is 0 Å². The predicted molar refractivity (Wildman–Crippen MR) is 222 cm³/mol. The van der Waals surface area contributed by atoms with Gasteiger partial charge in [0.05, 0.1) is 0 Å². The highest BCUT2D eigenvalue weighted by atomic mass is 32.1. The largest absolute Gasteiger partial charge is 0.135 e. The van der Waals surface area contributed by atoms with E-state index in [-0.39, 0.29) is 0 Å². The smallest absolute Gasteiger partial charge is 0.0349 e. The van der Waals surface area contributed by atoms with Gasteiger partial charge in [0.15, 0.2) is 0 Å². The summed E-state index contributed by atoms with van der Waals surface area (Å²) in [5.74, 6) is 0. The molecule has 10 rings (SSSR count). The predicted octanol–water partition coefficient (Wildman–Crippen LogP) is 14.7. The van der Waals surface area contributed by atoms with Crippen molar-refractivity contribution in [2.24, 2.45) is 0 Å². The van der Waals surface area contributed by atoms with Crippen LogP contribution in [0.25, 0.3) is 97.4 Å². The topological polar surface area (TPSA) is 0 Å². The van der Waals surface area contributed by atoms with Crippen molar-refractivity contribution in [2.75, 3.05) is 0 Å². The van der Waals surface area contributed by atoms with Crippen molar-refractivity contribution in [3.8, 4) is 54.3 Å². The van der Waals surface area contributed by atoms with Gasteiger partial charge in [0.1, 0.15) is 0 Å². The molecule has 51 heavy (non-hydrogen) atoms. The zero-order valence-electron chi connectivity index (χ0n) is 27.9. The molecule has 0 saturated heterocycles. The molecule has 0 spiro atoms. The second-order valence-electron chi connectivity index (χ2n) is 13.3. The molecule has 0 aliphatic rings. The molecule has 9 aromatic carbocycles. The normalized spacial score (nSPS) is 11.5. The zero-order valence-corrected chi connectivity index (χ0v) is 28.7. The van der Waals surface area contributed by atoms with Crippen molar-refractivity contribution >= 4 is 54.4 Å². The van der Waals surface area contributed by atoms with Crippen LogP contribution in [0.2, 0.25) is 0 Å². The molecule has 0 bridgehead atoms. The molecule has 0 amide bonds. The van der Waals surface area contributed by atoms with E-state index in [0.717, 1.165) is 0 Å². The van der Waals surface area contributed by atoms with Crippen LogP contribution in [0.3, 0.4) is 0 Å². The molecule has 0 unspecified atom stereocenters. The van der Waals surface area contributed by atoms with Crippen molar-refractivity contribution in [1.29, 1.82) is 0 Å². The van der Waals surface area contributed by atoms with Gasteiger partial charge < -0.3 is 0 Å². The summed E-state index contributed by atoms with van der Waals surface area (Å²) in [5.41, 5.74) is 9.96. The van der Waals surface area contributed by atoms with Crippen LogP contribution in [0.1, 0.15) is 0 Å². The van der Waals surface area contributed by atoms with Gasteiger partial charge in [0.25, 0.3) is 0 Å². The maximum absolute atomic E-state index is 2.43. The fraction of sp³-hybridized carbons (Fsp3) is 0. The van der Waals surface area contributed by atoms with Gasteiger partial charge in [-0.2, -0.15) is 0 Å². The van der Waals surface area contributed by atoms with Crippen LogP contribution >= 0.6 is 11.3 Å². The molecule has 0 radical (unpaired) electrons. The quantitative estimate of drug-likeness (QED) is 0.161. The molecule has 10 aromatic rings. The van der Waals surface area contributed by atoms with E-state index in [9.17, 15) is 0 Å². The number of rotatable bonds is 5. The standard InChI is InChI=1S/C50H32S/c1-2-13-35(14-3-1)47-27-28-48(51-47)40-18-10-17-38(29-40)39-25-26-45-46(32-39)50(42-24-22-34-12-5-7-16-37(34)31-42)44-20-9-8-19-43(44)49(45)41-23-21-33-11-4-6-15-36(33)30-41/h1-32H. The molecule has 0 saturated carbocycles. The number of hydrogen-bond donors (Lipinski definition) is 0. The van der Waals surface area contributed by atoms with Crippen LogP contribution in [-0.4, -0.2) is 0 Å². The Labute approximate surface area is 301 Å². The third-order valence-electron chi connectivity index (χ3n) is 10.2. The monoisotopic (exact) mass is 664 g/mol. The lowest BCUT2D eigenvalue weighted by Crippen LogP contribution is -1.92. The maximum atomic E-state index is 2.43. The Morgan fingerprint density at radius 1 is 0.235 bits per heavy atom. The average molecular weight is 665 g/mol. The minimum atomic E-state index is 1.21. The SMILES string of the molecule is c1ccc(-c2ccc(-c3cccc(-c4ccc5c(-c6ccc7ccccc7c6)c6ccccc6c(-c6ccc7ccccc7c6)c5c4)c3)s2)cc1. The van der Waals surface area contributed by atoms with Crippen molar-refractivity contribution in [3.05, 3.63) is 194 Å². The van der Waals surface area contributed by atoms with Crippen molar-refractivity contribution < 1.29 is 0 Å². The van der Waals surface area contributed by atoms with E-state index in [1.165, 1.54) is 97.4 Å². The molecule has 1 heterocycles. The summed E-state index contributed by atoms with van der Waals surface area (Å²) in [6, 6.07) is 71.4. The van der Waals surface area contributed by atoms with Gasteiger partial charge in [-0.15, -0.1) is 11.3 Å². The third-order valence-corrected chi connectivity index (χ3v) is 11.4. The van der Waals surface area contributed by atoms with Crippen LogP contribution in [0.5, 0.6) is 0 Å². The van der Waals surface area contributed by atoms with Gasteiger partial charge in [-0.3, -0.25) is 0 Å². The minimum absolute atomic E-state index is 1.21. The van der Waals surface area contributed by atoms with Crippen LogP contribution in [-0.2, 0) is 0 Å². The molecular formula is C50H32S. The van der Waals surface area contributed by atoms with E-state index < -0.39 is 0 Å². The van der Waals surface area contributed by atoms with Crippen LogP contribution in [0.15, 0.2) is 194 Å². The average Bonchev–Trinajstić information content (AvgIpc) is 3.71. The molecular weight excluding hydrogens is 633 g/mol. The van der Waals surface area contributed by atoms with Crippen LogP contribution < -0.4 is 0 Å². The zero-order chi connectivity index (χ0) is 33.7. The summed E-state index contributed by atoms with van der Waals surface area (Å²) in [6.45, 7) is 0. The lowest BCUT2D eigenvalue weighted by Gasteiger charge is -2.19. The highest BCUT2D eigenvalue weighted by Crippen LogP contribution is 2.46. The molecule has 0 fully saturated rings. The molecule has 238 valence electrons. The first-order valence-electron chi connectivity index (χ1n) is 17.5. The number of thiophene rings is 1. The fourth-order valence-electron chi connectivity index (χ4n) is 7.77. The first-order chi connectivity index (χ1) is 25.3. The van der Waals surface area contributed by atoms with E-state index in [1.807, 2.05) is 11.3 Å². The first kappa shape index (κ1) is 29.6. The summed E-state index contributed by atoms with van der Waals surface area (Å²) in [6.07, 6.45) is 0. The Hall–Kier alpha value is -6.28. The Morgan fingerprint density at radius 2 is 0.706 bits per heavy atom. The Kier molecular flexibility index (Phi) is 7.11. The van der Waals surface area contributed by atoms with Gasteiger partial charge >= 0.3 is 0 Å². The molecule has 0 aliphatic heterocycles. The summed E-state index contributed by atoms with van der Waals surface area (Å²) in [5, 5.41) is 10.1. The first-order valence-corrected chi connectivity index (χ1v) is 18.3. The van der Waals surface area contributed by atoms with E-state index in [1.54, 1.807) is 0 Å². The lowest BCUT2D eigenvalue weighted by atomic mass is 9.84. The molecule has 1 aromatic heterocycles. The van der Waals surface area contributed by atoms with Gasteiger partial charge in [-0.1, -0.05) is 158 Å². The van der Waals surface area contributed by atoms with Crippen molar-refractivity contribution in [2.45, 2.75) is 0 Å². The summed E-state index contributed by atoms with van der Waals surface area (Å²) in [7, 11) is 0. The minimum Gasteiger partial charge on any atom is -0.135 e. The van der Waals surface area contributed by atoms with Gasteiger partial charge in [0, 0.05) is 9.75 Å². The van der Waals surface area contributed by atoms with E-state index in [0.29, 0.717) is 0 Å². The molecule has 0 N–H and O–H groups in total. The van der Waals surface area contributed by atoms with Gasteiger partial charge in [0.2, 0.25) is 0 Å². The van der Waals surface area contributed by atoms with Crippen LogP contribution in [0, 0.1) is 0 Å². The number of hydrogen-bond acceptors (Lipinski definition) is 1. The highest BCUT2D eigenvalue weighted by Gasteiger charge is 2.18. The van der Waals surface area contributed by atoms with Crippen molar-refractivity contribution in [1.82, 2.24) is 0 Å². The fourth-order valence-corrected chi connectivity index (χ4v) is 8.78. The second-order valence-corrected chi connectivity index (χ2v) is 14.4. The lowest BCUT2D eigenvalue weighted by molar-refractivity contribution is 1.63. The van der Waals surface area contributed by atoms with Crippen LogP contribution in [0.4, 0.5) is 0 Å². The number of fused-ring (bicyclic) bond motifs is 4. The molecule has 0 atom stereocenters. The molecule has 0 aliphatic carbocycles. The summed E-state index contributed by atoms with van der Waals surface area (Å²) < 4.78 is 0. The van der Waals surface area contributed by atoms with E-state index in [2.05, 4.69) is 194 Å². The molecule has 1 heteroatoms. The second kappa shape index (κ2) is 12.2. The Balaban J connectivity index is 1.21.